The minimum Gasteiger partial charge on any atom is -0.339 e. The van der Waals surface area contributed by atoms with Crippen molar-refractivity contribution in [1.29, 1.82) is 0 Å². The molecule has 5 rings (SSSR count). The Hall–Kier alpha value is -3.29. The van der Waals surface area contributed by atoms with E-state index in [0.717, 1.165) is 45.8 Å². The van der Waals surface area contributed by atoms with Gasteiger partial charge >= 0.3 is 12.2 Å². The molecule has 0 spiro atoms. The van der Waals surface area contributed by atoms with Gasteiger partial charge in [0.2, 0.25) is 0 Å². The number of imidazole rings is 1. The third-order valence-corrected chi connectivity index (χ3v) is 9.42. The first-order chi connectivity index (χ1) is 19.3. The van der Waals surface area contributed by atoms with Crippen LogP contribution >= 0.6 is 34.9 Å². The molecule has 0 radical (unpaired) electrons. The van der Waals surface area contributed by atoms with Gasteiger partial charge in [0.1, 0.15) is 0 Å². The normalized spacial score (nSPS) is 13.9. The van der Waals surface area contributed by atoms with Gasteiger partial charge in [-0.25, -0.2) is 14.8 Å². The van der Waals surface area contributed by atoms with Crippen LogP contribution in [0.4, 0.5) is 28.8 Å². The van der Waals surface area contributed by atoms with Crippen LogP contribution < -0.4 is 10.6 Å². The van der Waals surface area contributed by atoms with E-state index < -0.39 is 17.8 Å². The Morgan fingerprint density at radius 1 is 1.07 bits per heavy atom. The smallest absolute Gasteiger partial charge is 0.339 e. The summed E-state index contributed by atoms with van der Waals surface area (Å²) in [6.45, 7) is 0. The van der Waals surface area contributed by atoms with Crippen LogP contribution in [0, 0.1) is 5.92 Å². The number of rotatable bonds is 9. The van der Waals surface area contributed by atoms with E-state index in [1.165, 1.54) is 23.1 Å². The van der Waals surface area contributed by atoms with Crippen LogP contribution in [-0.2, 0) is 11.9 Å². The highest BCUT2D eigenvalue weighted by Crippen LogP contribution is 2.39. The standard InChI is InChI=1S/C27H24F3N5O2S3/c28-27(29,30)17-10-11-20(19(14-17)22(36)16-6-4-5-7-16)33-24(37)35-26-34-21(15-38-18-8-2-1-3-9-18)23(40-26)39-25-31-12-13-32-25/h1-3,8-14,16H,4-7,15H2,(H,31,32)(H2,33,34,35,37). The van der Waals surface area contributed by atoms with E-state index in [4.69, 9.17) is 0 Å². The van der Waals surface area contributed by atoms with E-state index in [1.54, 1.807) is 24.2 Å². The minimum atomic E-state index is -4.61. The van der Waals surface area contributed by atoms with Gasteiger partial charge in [-0.1, -0.05) is 42.4 Å². The van der Waals surface area contributed by atoms with E-state index in [1.807, 2.05) is 30.3 Å². The van der Waals surface area contributed by atoms with Crippen LogP contribution in [-0.4, -0.2) is 26.8 Å². The lowest BCUT2D eigenvalue weighted by molar-refractivity contribution is -0.137. The number of aromatic nitrogens is 3. The highest BCUT2D eigenvalue weighted by Gasteiger charge is 2.33. The number of anilines is 2. The molecule has 3 N–H and O–H groups in total. The van der Waals surface area contributed by atoms with Crippen LogP contribution in [0.2, 0.25) is 0 Å². The lowest BCUT2D eigenvalue weighted by Gasteiger charge is -2.16. The average molecular weight is 604 g/mol. The van der Waals surface area contributed by atoms with E-state index in [2.05, 4.69) is 25.6 Å². The molecule has 0 bridgehead atoms. The Labute approximate surface area is 240 Å². The van der Waals surface area contributed by atoms with Crippen molar-refractivity contribution in [2.45, 2.75) is 51.9 Å². The van der Waals surface area contributed by atoms with Crippen molar-refractivity contribution in [1.82, 2.24) is 15.0 Å². The number of nitrogens with one attached hydrogen (secondary N) is 3. The number of thioether (sulfide) groups is 1. The van der Waals surface area contributed by atoms with Crippen LogP contribution in [0.1, 0.15) is 47.3 Å². The molecule has 0 unspecified atom stereocenters. The highest BCUT2D eigenvalue weighted by atomic mass is 32.2. The fraction of sp³-hybridized carbons (Fsp3) is 0.259. The fourth-order valence-corrected chi connectivity index (χ4v) is 7.36. The monoisotopic (exact) mass is 603 g/mol. The number of H-pyrrole nitrogens is 1. The molecule has 1 fully saturated rings. The highest BCUT2D eigenvalue weighted by molar-refractivity contribution is 8.01. The molecule has 2 amide bonds. The number of thiazole rings is 1. The fourth-order valence-electron chi connectivity index (χ4n) is 4.32. The largest absolute Gasteiger partial charge is 0.416 e. The summed E-state index contributed by atoms with van der Waals surface area (Å²) in [7, 11) is 0. The first-order valence-electron chi connectivity index (χ1n) is 12.4. The van der Waals surface area contributed by atoms with Crippen molar-refractivity contribution in [3.05, 3.63) is 77.7 Å². The predicted molar refractivity (Wildman–Crippen MR) is 151 cm³/mol. The molecule has 0 atom stereocenters. The molecule has 1 saturated carbocycles. The zero-order valence-electron chi connectivity index (χ0n) is 21.0. The summed E-state index contributed by atoms with van der Waals surface area (Å²) >= 11 is 4.24. The lowest BCUT2D eigenvalue weighted by Crippen LogP contribution is -2.23. The summed E-state index contributed by atoms with van der Waals surface area (Å²) in [4.78, 5) is 39.0. The van der Waals surface area contributed by atoms with Gasteiger partial charge < -0.3 is 10.3 Å². The minimum absolute atomic E-state index is 0.0315. The maximum atomic E-state index is 13.4. The molecule has 2 heterocycles. The zero-order valence-corrected chi connectivity index (χ0v) is 23.4. The van der Waals surface area contributed by atoms with Crippen molar-refractivity contribution < 1.29 is 22.8 Å². The zero-order chi connectivity index (χ0) is 28.1. The molecular formula is C27H24F3N5O2S3. The Morgan fingerprint density at radius 3 is 2.55 bits per heavy atom. The first kappa shape index (κ1) is 28.2. The molecule has 0 aliphatic heterocycles. The average Bonchev–Trinajstić information content (AvgIpc) is 3.71. The van der Waals surface area contributed by atoms with Gasteiger partial charge in [0.15, 0.2) is 16.1 Å². The number of urea groups is 1. The number of Topliss-reactive ketones (excluding diaryl/α,β-unsaturated/α-hetero) is 1. The third kappa shape index (κ3) is 7.07. The number of amides is 2. The molecule has 0 saturated heterocycles. The molecule has 1 aliphatic carbocycles. The van der Waals surface area contributed by atoms with Crippen molar-refractivity contribution in [2.75, 3.05) is 10.6 Å². The van der Waals surface area contributed by atoms with E-state index >= 15 is 0 Å². The first-order valence-corrected chi connectivity index (χ1v) is 15.1. The van der Waals surface area contributed by atoms with Crippen LogP contribution in [0.25, 0.3) is 0 Å². The second-order valence-corrected chi connectivity index (χ2v) is 12.3. The SMILES string of the molecule is O=C(Nc1nc(CSc2ccccc2)c(Sc2ncc[nH]2)s1)Nc1ccc(C(F)(F)F)cc1C(=O)C1CCCC1. The number of halogens is 3. The summed E-state index contributed by atoms with van der Waals surface area (Å²) in [5, 5.41) is 6.23. The molecule has 2 aromatic carbocycles. The molecule has 1 aliphatic rings. The lowest BCUT2D eigenvalue weighted by atomic mass is 9.93. The van der Waals surface area contributed by atoms with E-state index in [0.29, 0.717) is 28.9 Å². The number of carbonyl (C=O) groups excluding carboxylic acids is 2. The van der Waals surface area contributed by atoms with E-state index in [-0.39, 0.29) is 23.0 Å². The van der Waals surface area contributed by atoms with Crippen LogP contribution in [0.15, 0.2) is 75.2 Å². The molecule has 40 heavy (non-hydrogen) atoms. The number of hydrogen-bond acceptors (Lipinski definition) is 7. The summed E-state index contributed by atoms with van der Waals surface area (Å²) in [6.07, 6.45) is 1.70. The molecule has 13 heteroatoms. The molecule has 4 aromatic rings. The van der Waals surface area contributed by atoms with Gasteiger partial charge in [0.25, 0.3) is 0 Å². The number of carbonyl (C=O) groups is 2. The topological polar surface area (TPSA) is 99.8 Å². The number of benzene rings is 2. The number of alkyl halides is 3. The predicted octanol–water partition coefficient (Wildman–Crippen LogP) is 8.35. The van der Waals surface area contributed by atoms with E-state index in [9.17, 15) is 22.8 Å². The second-order valence-electron chi connectivity index (χ2n) is 9.03. The van der Waals surface area contributed by atoms with Gasteiger partial charge in [-0.3, -0.25) is 10.1 Å². The Kier molecular flexibility index (Phi) is 8.81. The van der Waals surface area contributed by atoms with Crippen molar-refractivity contribution in [2.24, 2.45) is 5.92 Å². The summed E-state index contributed by atoms with van der Waals surface area (Å²) in [5.41, 5.74) is -0.281. The maximum Gasteiger partial charge on any atom is 0.416 e. The van der Waals surface area contributed by atoms with Gasteiger partial charge in [0, 0.05) is 34.5 Å². The summed E-state index contributed by atoms with van der Waals surface area (Å²) in [5.74, 6) is -0.186. The van der Waals surface area contributed by atoms with Crippen LogP contribution in [0.3, 0.4) is 0 Å². The molecule has 7 nitrogen and oxygen atoms in total. The van der Waals surface area contributed by atoms with Gasteiger partial charge in [0.05, 0.1) is 21.2 Å². The summed E-state index contributed by atoms with van der Waals surface area (Å²) in [6, 6.07) is 12.0. The number of hydrogen-bond donors (Lipinski definition) is 3. The van der Waals surface area contributed by atoms with Gasteiger partial charge in [-0.2, -0.15) is 13.2 Å². The summed E-state index contributed by atoms with van der Waals surface area (Å²) < 4.78 is 41.1. The Morgan fingerprint density at radius 2 is 1.85 bits per heavy atom. The number of aromatic amines is 1. The van der Waals surface area contributed by atoms with Gasteiger partial charge in [-0.05, 0) is 54.9 Å². The molecule has 208 valence electrons. The Bertz CT molecular complexity index is 1470. The van der Waals surface area contributed by atoms with Crippen molar-refractivity contribution in [3.63, 3.8) is 0 Å². The second kappa shape index (κ2) is 12.5. The Balaban J connectivity index is 1.34. The number of ketones is 1. The van der Waals surface area contributed by atoms with Crippen molar-refractivity contribution in [3.8, 4) is 0 Å². The van der Waals surface area contributed by atoms with Crippen LogP contribution in [0.5, 0.6) is 0 Å². The third-order valence-electron chi connectivity index (χ3n) is 6.25. The van der Waals surface area contributed by atoms with Gasteiger partial charge in [-0.15, -0.1) is 11.8 Å². The molecular weight excluding hydrogens is 580 g/mol. The molecule has 2 aromatic heterocycles. The van der Waals surface area contributed by atoms with Crippen molar-refractivity contribution >= 4 is 57.5 Å². The number of nitrogens with zero attached hydrogens (tertiary/aromatic N) is 2. The quantitative estimate of drug-likeness (QED) is 0.131. The maximum absolute atomic E-state index is 13.4.